The van der Waals surface area contributed by atoms with E-state index in [1.54, 1.807) is 0 Å². The highest BCUT2D eigenvalue weighted by Crippen LogP contribution is 2.28. The summed E-state index contributed by atoms with van der Waals surface area (Å²) < 4.78 is 0. The molecule has 21 heavy (non-hydrogen) atoms. The number of benzene rings is 1. The van der Waals surface area contributed by atoms with Gasteiger partial charge in [0.1, 0.15) is 0 Å². The summed E-state index contributed by atoms with van der Waals surface area (Å²) in [4.78, 5) is 11.5. The molecule has 1 saturated carbocycles. The molecule has 2 N–H and O–H groups in total. The highest BCUT2D eigenvalue weighted by Gasteiger charge is 2.13. The number of rotatable bonds is 4. The molecule has 116 valence electrons. The van der Waals surface area contributed by atoms with Crippen LogP contribution in [0.1, 0.15) is 58.3 Å². The Morgan fingerprint density at radius 3 is 2.52 bits per heavy atom. The third kappa shape index (κ3) is 5.24. The molecule has 4 heteroatoms. The van der Waals surface area contributed by atoms with Crippen molar-refractivity contribution in [2.24, 2.45) is 0 Å². The molecule has 0 aromatic heterocycles. The predicted molar refractivity (Wildman–Crippen MR) is 90.1 cm³/mol. The lowest BCUT2D eigenvalue weighted by Crippen LogP contribution is -2.21. The van der Waals surface area contributed by atoms with E-state index in [4.69, 9.17) is 11.6 Å². The molecule has 1 aromatic rings. The van der Waals surface area contributed by atoms with Gasteiger partial charge in [-0.25, -0.2) is 0 Å². The first-order valence-corrected chi connectivity index (χ1v) is 8.42. The lowest BCUT2D eigenvalue weighted by molar-refractivity contribution is -0.115. The molecule has 0 spiro atoms. The summed E-state index contributed by atoms with van der Waals surface area (Å²) >= 11 is 6.28. The van der Waals surface area contributed by atoms with Gasteiger partial charge in [-0.15, -0.1) is 0 Å². The largest absolute Gasteiger partial charge is 0.381 e. The van der Waals surface area contributed by atoms with Crippen LogP contribution in [0, 0.1) is 0 Å². The normalized spacial score (nSPS) is 16.9. The van der Waals surface area contributed by atoms with E-state index in [1.165, 1.54) is 44.9 Å². The van der Waals surface area contributed by atoms with Gasteiger partial charge in [-0.1, -0.05) is 50.6 Å². The van der Waals surface area contributed by atoms with Gasteiger partial charge in [-0.2, -0.15) is 0 Å². The van der Waals surface area contributed by atoms with Gasteiger partial charge in [0, 0.05) is 18.2 Å². The van der Waals surface area contributed by atoms with Gasteiger partial charge >= 0.3 is 0 Å². The molecule has 0 radical (unpaired) electrons. The average molecular weight is 309 g/mol. The first-order valence-electron chi connectivity index (χ1n) is 8.05. The van der Waals surface area contributed by atoms with E-state index in [2.05, 4.69) is 10.6 Å². The molecule has 2 rings (SSSR count). The van der Waals surface area contributed by atoms with Crippen molar-refractivity contribution in [2.45, 2.75) is 64.3 Å². The summed E-state index contributed by atoms with van der Waals surface area (Å²) in [6.45, 7) is 1.85. The Bertz CT molecular complexity index is 468. The molecule has 0 bridgehead atoms. The molecule has 1 aliphatic carbocycles. The smallest absolute Gasteiger partial charge is 0.224 e. The maximum atomic E-state index is 11.5. The Hall–Kier alpha value is -1.22. The van der Waals surface area contributed by atoms with Crippen molar-refractivity contribution in [1.82, 2.24) is 0 Å². The van der Waals surface area contributed by atoms with Crippen LogP contribution < -0.4 is 10.6 Å². The van der Waals surface area contributed by atoms with Gasteiger partial charge in [0.2, 0.25) is 5.91 Å². The minimum absolute atomic E-state index is 0.0224. The van der Waals surface area contributed by atoms with Gasteiger partial charge in [-0.3, -0.25) is 4.79 Å². The van der Waals surface area contributed by atoms with Crippen LogP contribution in [0.4, 0.5) is 11.4 Å². The van der Waals surface area contributed by atoms with Gasteiger partial charge < -0.3 is 10.6 Å². The number of carbonyl (C=O) groups excluding carboxylic acids is 1. The number of anilines is 2. The molecule has 0 saturated heterocycles. The minimum atomic E-state index is 0.0224. The summed E-state index contributed by atoms with van der Waals surface area (Å²) in [6.07, 6.45) is 9.46. The zero-order valence-corrected chi connectivity index (χ0v) is 13.5. The number of nitrogens with one attached hydrogen (secondary N) is 2. The van der Waals surface area contributed by atoms with Crippen molar-refractivity contribution in [3.63, 3.8) is 0 Å². The minimum Gasteiger partial charge on any atom is -0.381 e. The van der Waals surface area contributed by atoms with E-state index in [0.717, 1.165) is 11.4 Å². The Morgan fingerprint density at radius 1 is 1.19 bits per heavy atom. The second-order valence-electron chi connectivity index (χ2n) is 5.78. The summed E-state index contributed by atoms with van der Waals surface area (Å²) in [6, 6.07) is 6.12. The summed E-state index contributed by atoms with van der Waals surface area (Å²) in [5, 5.41) is 7.16. The second kappa shape index (κ2) is 8.28. The first kappa shape index (κ1) is 16.2. The van der Waals surface area contributed by atoms with Crippen LogP contribution in [0.5, 0.6) is 0 Å². The van der Waals surface area contributed by atoms with Gasteiger partial charge in [0.05, 0.1) is 10.7 Å². The van der Waals surface area contributed by atoms with Gasteiger partial charge in [0.15, 0.2) is 0 Å². The molecular weight excluding hydrogens is 284 g/mol. The Labute approximate surface area is 132 Å². The highest BCUT2D eigenvalue weighted by molar-refractivity contribution is 6.33. The van der Waals surface area contributed by atoms with Crippen molar-refractivity contribution in [3.05, 3.63) is 23.2 Å². The molecule has 0 aliphatic heterocycles. The fourth-order valence-electron chi connectivity index (χ4n) is 2.78. The maximum Gasteiger partial charge on any atom is 0.224 e. The van der Waals surface area contributed by atoms with E-state index in [0.29, 0.717) is 17.5 Å². The monoisotopic (exact) mass is 308 g/mol. The standard InChI is InChI=1S/C17H25ClN2O/c1-2-17(21)20-14-10-11-15(18)16(12-14)19-13-8-6-4-3-5-7-9-13/h10-13,19H,2-9H2,1H3,(H,20,21). The third-order valence-electron chi connectivity index (χ3n) is 4.04. The molecule has 0 heterocycles. The first-order chi connectivity index (χ1) is 10.2. The summed E-state index contributed by atoms with van der Waals surface area (Å²) in [5.74, 6) is 0.0224. The molecule has 0 atom stereocenters. The summed E-state index contributed by atoms with van der Waals surface area (Å²) in [7, 11) is 0. The molecular formula is C17H25ClN2O. The van der Waals surface area contributed by atoms with Crippen molar-refractivity contribution in [3.8, 4) is 0 Å². The van der Waals surface area contributed by atoms with E-state index in [-0.39, 0.29) is 5.91 Å². The van der Waals surface area contributed by atoms with Crippen LogP contribution in [-0.4, -0.2) is 11.9 Å². The van der Waals surface area contributed by atoms with Crippen LogP contribution >= 0.6 is 11.6 Å². The lowest BCUT2D eigenvalue weighted by Gasteiger charge is -2.23. The highest BCUT2D eigenvalue weighted by atomic mass is 35.5. The number of halogens is 1. The van der Waals surface area contributed by atoms with Crippen molar-refractivity contribution in [1.29, 1.82) is 0 Å². The van der Waals surface area contributed by atoms with Crippen LogP contribution in [-0.2, 0) is 4.79 Å². The van der Waals surface area contributed by atoms with E-state index >= 15 is 0 Å². The van der Waals surface area contributed by atoms with Gasteiger partial charge in [0.25, 0.3) is 0 Å². The Balaban J connectivity index is 2.03. The van der Waals surface area contributed by atoms with Crippen LogP contribution in [0.2, 0.25) is 5.02 Å². The van der Waals surface area contributed by atoms with E-state index in [1.807, 2.05) is 25.1 Å². The van der Waals surface area contributed by atoms with Crippen LogP contribution in [0.15, 0.2) is 18.2 Å². The second-order valence-corrected chi connectivity index (χ2v) is 6.19. The predicted octanol–water partition coefficient (Wildman–Crippen LogP) is 5.21. The number of hydrogen-bond donors (Lipinski definition) is 2. The molecule has 1 fully saturated rings. The molecule has 1 amide bonds. The van der Waals surface area contributed by atoms with Crippen molar-refractivity contribution >= 4 is 28.9 Å². The maximum absolute atomic E-state index is 11.5. The van der Waals surface area contributed by atoms with E-state index in [9.17, 15) is 4.79 Å². The van der Waals surface area contributed by atoms with Gasteiger partial charge in [-0.05, 0) is 31.0 Å². The number of hydrogen-bond acceptors (Lipinski definition) is 2. The Kier molecular flexibility index (Phi) is 6.37. The van der Waals surface area contributed by atoms with Crippen molar-refractivity contribution in [2.75, 3.05) is 10.6 Å². The Morgan fingerprint density at radius 2 is 1.86 bits per heavy atom. The van der Waals surface area contributed by atoms with Crippen molar-refractivity contribution < 1.29 is 4.79 Å². The lowest BCUT2D eigenvalue weighted by atomic mass is 9.96. The zero-order valence-electron chi connectivity index (χ0n) is 12.8. The fourth-order valence-corrected chi connectivity index (χ4v) is 2.96. The quantitative estimate of drug-likeness (QED) is 0.801. The molecule has 1 aliphatic rings. The van der Waals surface area contributed by atoms with E-state index < -0.39 is 0 Å². The summed E-state index contributed by atoms with van der Waals surface area (Å²) in [5.41, 5.74) is 1.73. The number of amides is 1. The zero-order chi connectivity index (χ0) is 15.1. The SMILES string of the molecule is CCC(=O)Nc1ccc(Cl)c(NC2CCCCCCC2)c1. The molecule has 1 aromatic carbocycles. The van der Waals surface area contributed by atoms with Crippen LogP contribution in [0.25, 0.3) is 0 Å². The fraction of sp³-hybridized carbons (Fsp3) is 0.588. The topological polar surface area (TPSA) is 41.1 Å². The number of carbonyl (C=O) groups is 1. The molecule has 0 unspecified atom stereocenters. The molecule has 3 nitrogen and oxygen atoms in total. The average Bonchev–Trinajstić information content (AvgIpc) is 2.45. The van der Waals surface area contributed by atoms with Crippen LogP contribution in [0.3, 0.4) is 0 Å². The third-order valence-corrected chi connectivity index (χ3v) is 4.37.